The predicted octanol–water partition coefficient (Wildman–Crippen LogP) is 1.02. The molecule has 1 amide bonds. The number of carbonyl (C=O) groups is 1. The molecule has 1 aromatic carbocycles. The Morgan fingerprint density at radius 1 is 1.12 bits per heavy atom. The van der Waals surface area contributed by atoms with Crippen molar-refractivity contribution in [3.63, 3.8) is 0 Å². The third-order valence-corrected chi connectivity index (χ3v) is 9.21. The standard InChI is InChI=1S/C17H20N2O5S2/c18-11-13-5-8-19(9-6-13)17(20)14-1-3-15(4-2-14)26(23,24)16-7-10-25(21,22)12-16/h1-4,13,16H,5-10,12H2. The number of likely N-dealkylation sites (tertiary alicyclic amines) is 1. The third kappa shape index (κ3) is 3.76. The van der Waals surface area contributed by atoms with E-state index in [-0.39, 0.29) is 34.6 Å². The highest BCUT2D eigenvalue weighted by Crippen LogP contribution is 2.26. The van der Waals surface area contributed by atoms with Crippen molar-refractivity contribution in [1.29, 1.82) is 5.26 Å². The summed E-state index contributed by atoms with van der Waals surface area (Å²) in [5.41, 5.74) is 0.387. The van der Waals surface area contributed by atoms with Crippen LogP contribution in [0.3, 0.4) is 0 Å². The number of nitrogens with zero attached hydrogens (tertiary/aromatic N) is 2. The lowest BCUT2D eigenvalue weighted by Crippen LogP contribution is -2.38. The number of hydrogen-bond donors (Lipinski definition) is 0. The molecule has 1 atom stereocenters. The normalized spacial score (nSPS) is 23.5. The molecule has 1 aromatic rings. The van der Waals surface area contributed by atoms with Crippen molar-refractivity contribution in [2.75, 3.05) is 24.6 Å². The number of rotatable bonds is 3. The quantitative estimate of drug-likeness (QED) is 0.754. The highest BCUT2D eigenvalue weighted by Gasteiger charge is 2.38. The lowest BCUT2D eigenvalue weighted by molar-refractivity contribution is 0.0707. The molecule has 0 spiro atoms. The zero-order valence-corrected chi connectivity index (χ0v) is 15.8. The van der Waals surface area contributed by atoms with Crippen molar-refractivity contribution < 1.29 is 21.6 Å². The van der Waals surface area contributed by atoms with Gasteiger partial charge in [0, 0.05) is 24.6 Å². The van der Waals surface area contributed by atoms with Gasteiger partial charge < -0.3 is 4.90 Å². The van der Waals surface area contributed by atoms with Crippen molar-refractivity contribution >= 4 is 25.6 Å². The Morgan fingerprint density at radius 3 is 2.23 bits per heavy atom. The first-order valence-electron chi connectivity index (χ1n) is 8.46. The summed E-state index contributed by atoms with van der Waals surface area (Å²) >= 11 is 0. The highest BCUT2D eigenvalue weighted by molar-refractivity contribution is 7.96. The van der Waals surface area contributed by atoms with Crippen LogP contribution in [0.25, 0.3) is 0 Å². The molecule has 0 bridgehead atoms. The molecule has 7 nitrogen and oxygen atoms in total. The molecular formula is C17H20N2O5S2. The Hall–Kier alpha value is -1.92. The zero-order valence-electron chi connectivity index (χ0n) is 14.2. The predicted molar refractivity (Wildman–Crippen MR) is 94.9 cm³/mol. The number of sulfone groups is 2. The third-order valence-electron chi connectivity index (χ3n) is 5.02. The summed E-state index contributed by atoms with van der Waals surface area (Å²) in [6.45, 7) is 1.02. The van der Waals surface area contributed by atoms with E-state index in [1.165, 1.54) is 24.3 Å². The number of piperidine rings is 1. The van der Waals surface area contributed by atoms with Crippen molar-refractivity contribution in [3.8, 4) is 6.07 Å². The fourth-order valence-corrected chi connectivity index (χ4v) is 7.74. The van der Waals surface area contributed by atoms with E-state index in [1.54, 1.807) is 4.90 Å². The zero-order chi connectivity index (χ0) is 18.9. The Balaban J connectivity index is 1.72. The average Bonchev–Trinajstić information content (AvgIpc) is 3.02. The molecule has 2 fully saturated rings. The van der Waals surface area contributed by atoms with Gasteiger partial charge in [-0.3, -0.25) is 4.79 Å². The van der Waals surface area contributed by atoms with Crippen LogP contribution in [0, 0.1) is 17.2 Å². The molecule has 0 aromatic heterocycles. The average molecular weight is 396 g/mol. The van der Waals surface area contributed by atoms with E-state index in [0.717, 1.165) is 0 Å². The fourth-order valence-electron chi connectivity index (χ4n) is 3.38. The highest BCUT2D eigenvalue weighted by atomic mass is 32.2. The maximum atomic E-state index is 12.6. The van der Waals surface area contributed by atoms with Crippen LogP contribution in [0.4, 0.5) is 0 Å². The van der Waals surface area contributed by atoms with E-state index in [1.807, 2.05) is 0 Å². The minimum Gasteiger partial charge on any atom is -0.339 e. The van der Waals surface area contributed by atoms with Gasteiger partial charge in [0.2, 0.25) is 0 Å². The van der Waals surface area contributed by atoms with Gasteiger partial charge >= 0.3 is 0 Å². The first-order chi connectivity index (χ1) is 12.2. The summed E-state index contributed by atoms with van der Waals surface area (Å²) in [6, 6.07) is 7.89. The summed E-state index contributed by atoms with van der Waals surface area (Å²) in [4.78, 5) is 14.2. The van der Waals surface area contributed by atoms with Gasteiger partial charge in [0.25, 0.3) is 5.91 Å². The van der Waals surface area contributed by atoms with Gasteiger partial charge in [-0.05, 0) is 43.5 Å². The minimum absolute atomic E-state index is 0.0192. The van der Waals surface area contributed by atoms with Gasteiger partial charge in [-0.15, -0.1) is 0 Å². The Morgan fingerprint density at radius 2 is 1.73 bits per heavy atom. The Labute approximate surface area is 153 Å². The van der Waals surface area contributed by atoms with Crippen molar-refractivity contribution in [1.82, 2.24) is 4.90 Å². The first kappa shape index (κ1) is 18.9. The number of nitriles is 1. The number of benzene rings is 1. The van der Waals surface area contributed by atoms with E-state index in [9.17, 15) is 21.6 Å². The first-order valence-corrected chi connectivity index (χ1v) is 11.8. The van der Waals surface area contributed by atoms with E-state index in [2.05, 4.69) is 6.07 Å². The number of hydrogen-bond acceptors (Lipinski definition) is 6. The molecular weight excluding hydrogens is 376 g/mol. The summed E-state index contributed by atoms with van der Waals surface area (Å²) in [5, 5.41) is 8.00. The van der Waals surface area contributed by atoms with E-state index < -0.39 is 24.9 Å². The lowest BCUT2D eigenvalue weighted by atomic mass is 9.98. The maximum absolute atomic E-state index is 12.6. The Bertz CT molecular complexity index is 938. The molecule has 9 heteroatoms. The Kier molecular flexibility index (Phi) is 5.08. The molecule has 2 aliphatic heterocycles. The molecule has 2 aliphatic rings. The molecule has 1 unspecified atom stereocenters. The second-order valence-electron chi connectivity index (χ2n) is 6.79. The number of amides is 1. The van der Waals surface area contributed by atoms with Gasteiger partial charge in [0.1, 0.15) is 0 Å². The van der Waals surface area contributed by atoms with Crippen molar-refractivity contribution in [2.45, 2.75) is 29.4 Å². The van der Waals surface area contributed by atoms with Gasteiger partial charge in [0.05, 0.1) is 27.7 Å². The molecule has 26 heavy (non-hydrogen) atoms. The second kappa shape index (κ2) is 7.00. The van der Waals surface area contributed by atoms with E-state index in [4.69, 9.17) is 5.26 Å². The van der Waals surface area contributed by atoms with Crippen LogP contribution < -0.4 is 0 Å². The molecule has 2 saturated heterocycles. The second-order valence-corrected chi connectivity index (χ2v) is 11.2. The summed E-state index contributed by atoms with van der Waals surface area (Å²) in [5.74, 6) is -0.654. The summed E-state index contributed by atoms with van der Waals surface area (Å²) in [7, 11) is -7.02. The lowest BCUT2D eigenvalue weighted by Gasteiger charge is -2.29. The van der Waals surface area contributed by atoms with Gasteiger partial charge in [-0.25, -0.2) is 16.8 Å². The minimum atomic E-state index is -3.73. The van der Waals surface area contributed by atoms with E-state index in [0.29, 0.717) is 31.5 Å². The molecule has 0 N–H and O–H groups in total. The van der Waals surface area contributed by atoms with Crippen LogP contribution in [0.15, 0.2) is 29.2 Å². The van der Waals surface area contributed by atoms with Crippen molar-refractivity contribution in [2.24, 2.45) is 5.92 Å². The van der Waals surface area contributed by atoms with Crippen LogP contribution in [-0.2, 0) is 19.7 Å². The van der Waals surface area contributed by atoms with E-state index >= 15 is 0 Å². The largest absolute Gasteiger partial charge is 0.339 e. The van der Waals surface area contributed by atoms with Gasteiger partial charge in [-0.2, -0.15) is 5.26 Å². The SMILES string of the molecule is N#CC1CCN(C(=O)c2ccc(S(=O)(=O)C3CCS(=O)(=O)C3)cc2)CC1. The van der Waals surface area contributed by atoms with Crippen molar-refractivity contribution in [3.05, 3.63) is 29.8 Å². The van der Waals surface area contributed by atoms with Crippen LogP contribution in [0.2, 0.25) is 0 Å². The monoisotopic (exact) mass is 396 g/mol. The van der Waals surface area contributed by atoms with Crippen LogP contribution in [-0.4, -0.2) is 57.5 Å². The topological polar surface area (TPSA) is 112 Å². The molecule has 0 saturated carbocycles. The van der Waals surface area contributed by atoms with Crippen LogP contribution in [0.5, 0.6) is 0 Å². The van der Waals surface area contributed by atoms with Gasteiger partial charge in [0.15, 0.2) is 19.7 Å². The van der Waals surface area contributed by atoms with Crippen LogP contribution >= 0.6 is 0 Å². The molecule has 0 aliphatic carbocycles. The molecule has 3 rings (SSSR count). The maximum Gasteiger partial charge on any atom is 0.253 e. The fraction of sp³-hybridized carbons (Fsp3) is 0.529. The van der Waals surface area contributed by atoms with Crippen LogP contribution in [0.1, 0.15) is 29.6 Å². The summed E-state index contributed by atoms with van der Waals surface area (Å²) in [6.07, 6.45) is 1.40. The summed E-state index contributed by atoms with van der Waals surface area (Å²) < 4.78 is 48.3. The number of carbonyl (C=O) groups excluding carboxylic acids is 1. The molecule has 2 heterocycles. The molecule has 0 radical (unpaired) electrons. The molecule has 140 valence electrons. The van der Waals surface area contributed by atoms with Gasteiger partial charge in [-0.1, -0.05) is 0 Å². The smallest absolute Gasteiger partial charge is 0.253 e.